The second kappa shape index (κ2) is 5.53. The molecule has 98 valence electrons. The summed E-state index contributed by atoms with van der Waals surface area (Å²) in [7, 11) is 0. The highest BCUT2D eigenvalue weighted by Gasteiger charge is 2.34. The molecule has 1 atom stereocenters. The number of hydrogen-bond donors (Lipinski definition) is 1. The molecule has 0 radical (unpaired) electrons. The van der Waals surface area contributed by atoms with Gasteiger partial charge in [0.1, 0.15) is 6.04 Å². The van der Waals surface area contributed by atoms with E-state index in [1.165, 1.54) is 19.3 Å². The van der Waals surface area contributed by atoms with Crippen molar-refractivity contribution in [3.63, 3.8) is 0 Å². The van der Waals surface area contributed by atoms with Gasteiger partial charge in [-0.15, -0.1) is 0 Å². The van der Waals surface area contributed by atoms with Gasteiger partial charge >= 0.3 is 0 Å². The van der Waals surface area contributed by atoms with Gasteiger partial charge in [0.05, 0.1) is 0 Å². The third-order valence-corrected chi connectivity index (χ3v) is 3.58. The second-order valence-corrected chi connectivity index (χ2v) is 5.09. The van der Waals surface area contributed by atoms with Crippen LogP contribution in [0.25, 0.3) is 0 Å². The number of benzene rings is 1. The van der Waals surface area contributed by atoms with Gasteiger partial charge in [-0.25, -0.2) is 0 Å². The molecule has 3 nitrogen and oxygen atoms in total. The van der Waals surface area contributed by atoms with Crippen LogP contribution < -0.4 is 10.6 Å². The Bertz CT molecular complexity index is 442. The predicted octanol–water partition coefficient (Wildman–Crippen LogP) is 2.92. The van der Waals surface area contributed by atoms with E-state index in [1.807, 2.05) is 30.0 Å². The summed E-state index contributed by atoms with van der Waals surface area (Å²) in [5.74, 6) is 0.0482. The normalized spacial score (nSPS) is 18.3. The molecule has 0 saturated carbocycles. The third kappa shape index (κ3) is 2.41. The molecule has 18 heavy (non-hydrogen) atoms. The number of anilines is 1. The van der Waals surface area contributed by atoms with Crippen molar-refractivity contribution in [2.24, 2.45) is 5.73 Å². The number of nitrogens with two attached hydrogens (primary N) is 1. The molecule has 0 aromatic heterocycles. The van der Waals surface area contributed by atoms with E-state index in [-0.39, 0.29) is 5.91 Å². The number of amides is 1. The van der Waals surface area contributed by atoms with Crippen LogP contribution in [-0.2, 0) is 4.79 Å². The number of rotatable bonds is 5. The lowest BCUT2D eigenvalue weighted by Gasteiger charge is -2.17. The minimum absolute atomic E-state index is 0.0482. The number of fused-ring (bicyclic) bond motifs is 1. The molecule has 1 aliphatic heterocycles. The molecule has 1 heterocycles. The molecule has 0 fully saturated rings. The van der Waals surface area contributed by atoms with Crippen molar-refractivity contribution in [2.45, 2.75) is 45.6 Å². The van der Waals surface area contributed by atoms with E-state index in [1.54, 1.807) is 0 Å². The Balaban J connectivity index is 2.11. The molecule has 3 heteroatoms. The summed E-state index contributed by atoms with van der Waals surface area (Å²) in [6.07, 6.45) is 4.68. The first kappa shape index (κ1) is 13.1. The maximum atomic E-state index is 12.1. The van der Waals surface area contributed by atoms with Crippen LogP contribution in [0, 0.1) is 6.92 Å². The molecule has 1 unspecified atom stereocenters. The summed E-state index contributed by atoms with van der Waals surface area (Å²) in [6, 6.07) is 5.63. The Morgan fingerprint density at radius 1 is 1.28 bits per heavy atom. The van der Waals surface area contributed by atoms with E-state index in [0.717, 1.165) is 29.8 Å². The van der Waals surface area contributed by atoms with Crippen molar-refractivity contribution in [3.05, 3.63) is 29.3 Å². The monoisotopic (exact) mass is 246 g/mol. The Morgan fingerprint density at radius 3 is 2.78 bits per heavy atom. The average molecular weight is 246 g/mol. The summed E-state index contributed by atoms with van der Waals surface area (Å²) < 4.78 is 0. The van der Waals surface area contributed by atoms with Gasteiger partial charge in [0.15, 0.2) is 0 Å². The Kier molecular flexibility index (Phi) is 4.02. The number of aryl methyl sites for hydroxylation is 1. The van der Waals surface area contributed by atoms with Crippen LogP contribution >= 0.6 is 0 Å². The highest BCUT2D eigenvalue weighted by Crippen LogP contribution is 2.35. The van der Waals surface area contributed by atoms with Crippen molar-refractivity contribution in [1.82, 2.24) is 0 Å². The molecular weight excluding hydrogens is 224 g/mol. The first-order chi connectivity index (χ1) is 8.65. The molecule has 2 rings (SSSR count). The fraction of sp³-hybridized carbons (Fsp3) is 0.533. The van der Waals surface area contributed by atoms with Crippen LogP contribution in [-0.4, -0.2) is 12.5 Å². The molecule has 0 bridgehead atoms. The summed E-state index contributed by atoms with van der Waals surface area (Å²) >= 11 is 0. The van der Waals surface area contributed by atoms with E-state index >= 15 is 0 Å². The van der Waals surface area contributed by atoms with E-state index in [9.17, 15) is 4.79 Å². The van der Waals surface area contributed by atoms with Crippen molar-refractivity contribution in [3.8, 4) is 0 Å². The number of hydrogen-bond acceptors (Lipinski definition) is 2. The van der Waals surface area contributed by atoms with Crippen molar-refractivity contribution >= 4 is 11.6 Å². The van der Waals surface area contributed by atoms with Crippen LogP contribution in [0.3, 0.4) is 0 Å². The Labute approximate surface area is 109 Å². The Hall–Kier alpha value is -1.35. The van der Waals surface area contributed by atoms with Crippen molar-refractivity contribution < 1.29 is 4.79 Å². The zero-order valence-corrected chi connectivity index (χ0v) is 11.3. The zero-order valence-electron chi connectivity index (χ0n) is 11.3. The first-order valence-electron chi connectivity index (χ1n) is 6.82. The van der Waals surface area contributed by atoms with Crippen molar-refractivity contribution in [1.29, 1.82) is 0 Å². The first-order valence-corrected chi connectivity index (χ1v) is 6.82. The second-order valence-electron chi connectivity index (χ2n) is 5.09. The molecule has 1 aliphatic rings. The number of unbranched alkanes of at least 4 members (excludes halogenated alkanes) is 3. The van der Waals surface area contributed by atoms with E-state index in [2.05, 4.69) is 6.92 Å². The summed E-state index contributed by atoms with van der Waals surface area (Å²) in [6.45, 7) is 5.01. The van der Waals surface area contributed by atoms with Gasteiger partial charge in [-0.3, -0.25) is 4.79 Å². The summed E-state index contributed by atoms with van der Waals surface area (Å²) in [5, 5.41) is 0. The fourth-order valence-electron chi connectivity index (χ4n) is 2.52. The van der Waals surface area contributed by atoms with E-state index < -0.39 is 6.04 Å². The molecule has 1 aromatic carbocycles. The molecule has 1 aromatic rings. The lowest BCUT2D eigenvalue weighted by Crippen LogP contribution is -2.32. The van der Waals surface area contributed by atoms with Gasteiger partial charge < -0.3 is 10.6 Å². The van der Waals surface area contributed by atoms with Gasteiger partial charge in [-0.2, -0.15) is 0 Å². The van der Waals surface area contributed by atoms with E-state index in [4.69, 9.17) is 5.73 Å². The minimum Gasteiger partial charge on any atom is -0.316 e. The van der Waals surface area contributed by atoms with Crippen LogP contribution in [0.4, 0.5) is 5.69 Å². The lowest BCUT2D eigenvalue weighted by molar-refractivity contribution is -0.119. The molecule has 0 aliphatic carbocycles. The number of carbonyl (C=O) groups excluding carboxylic acids is 1. The Morgan fingerprint density at radius 2 is 2.06 bits per heavy atom. The maximum Gasteiger partial charge on any atom is 0.248 e. The van der Waals surface area contributed by atoms with Crippen LogP contribution in [0.1, 0.15) is 49.8 Å². The van der Waals surface area contributed by atoms with Crippen LogP contribution in [0.5, 0.6) is 0 Å². The molecule has 2 N–H and O–H groups in total. The molecule has 0 spiro atoms. The number of carbonyl (C=O) groups is 1. The third-order valence-electron chi connectivity index (χ3n) is 3.58. The molecular formula is C15H22N2O. The largest absolute Gasteiger partial charge is 0.316 e. The average Bonchev–Trinajstić information content (AvgIpc) is 2.59. The van der Waals surface area contributed by atoms with Crippen molar-refractivity contribution in [2.75, 3.05) is 11.4 Å². The summed E-state index contributed by atoms with van der Waals surface area (Å²) in [4.78, 5) is 14.0. The molecule has 1 amide bonds. The standard InChI is InChI=1S/C15H22N2O/c1-3-4-5-6-9-17-13-8-7-11(2)10-12(13)14(16)15(17)18/h7-8,10,14H,3-6,9,16H2,1-2H3. The fourth-order valence-corrected chi connectivity index (χ4v) is 2.52. The SMILES string of the molecule is CCCCCCN1C(=O)C(N)c2cc(C)ccc21. The van der Waals surface area contributed by atoms with Gasteiger partial charge in [-0.05, 0) is 19.4 Å². The quantitative estimate of drug-likeness (QED) is 0.812. The van der Waals surface area contributed by atoms with Gasteiger partial charge in [0, 0.05) is 17.8 Å². The highest BCUT2D eigenvalue weighted by atomic mass is 16.2. The lowest BCUT2D eigenvalue weighted by atomic mass is 10.1. The van der Waals surface area contributed by atoms with E-state index in [0.29, 0.717) is 0 Å². The maximum absolute atomic E-state index is 12.1. The molecule has 0 saturated heterocycles. The summed E-state index contributed by atoms with van der Waals surface area (Å²) in [5.41, 5.74) is 9.14. The van der Waals surface area contributed by atoms with Gasteiger partial charge in [-0.1, -0.05) is 43.9 Å². The van der Waals surface area contributed by atoms with Crippen LogP contribution in [0.2, 0.25) is 0 Å². The smallest absolute Gasteiger partial charge is 0.248 e. The zero-order chi connectivity index (χ0) is 13.1. The van der Waals surface area contributed by atoms with Gasteiger partial charge in [0.25, 0.3) is 0 Å². The predicted molar refractivity (Wildman–Crippen MR) is 74.6 cm³/mol. The number of nitrogens with zero attached hydrogens (tertiary/aromatic N) is 1. The van der Waals surface area contributed by atoms with Crippen LogP contribution in [0.15, 0.2) is 18.2 Å². The minimum atomic E-state index is -0.467. The van der Waals surface area contributed by atoms with Gasteiger partial charge in [0.2, 0.25) is 5.91 Å². The highest BCUT2D eigenvalue weighted by molar-refractivity contribution is 6.04. The topological polar surface area (TPSA) is 46.3 Å².